The van der Waals surface area contributed by atoms with E-state index in [0.717, 1.165) is 38.8 Å². The SMILES string of the molecule is C[C@H]1CCCCN1C(=O)[C@@H]1CCCN(C(=O)c2ccc(Cl)cc2)C1. The quantitative estimate of drug-likeness (QED) is 0.819. The van der Waals surface area contributed by atoms with E-state index < -0.39 is 0 Å². The minimum absolute atomic E-state index is 0.00383. The summed E-state index contributed by atoms with van der Waals surface area (Å²) in [6.45, 7) is 4.25. The first kappa shape index (κ1) is 17.3. The Bertz CT molecular complexity index is 602. The van der Waals surface area contributed by atoms with Gasteiger partial charge in [-0.15, -0.1) is 0 Å². The molecule has 0 aromatic heterocycles. The zero-order valence-electron chi connectivity index (χ0n) is 14.2. The third-order valence-electron chi connectivity index (χ3n) is 5.24. The van der Waals surface area contributed by atoms with Crippen LogP contribution in [0.3, 0.4) is 0 Å². The Labute approximate surface area is 148 Å². The van der Waals surface area contributed by atoms with Gasteiger partial charge in [-0.2, -0.15) is 0 Å². The maximum Gasteiger partial charge on any atom is 0.253 e. The van der Waals surface area contributed by atoms with Crippen LogP contribution in [0.2, 0.25) is 5.02 Å². The lowest BCUT2D eigenvalue weighted by Crippen LogP contribution is -2.50. The van der Waals surface area contributed by atoms with Crippen molar-refractivity contribution in [2.45, 2.75) is 45.1 Å². The monoisotopic (exact) mass is 348 g/mol. The molecular weight excluding hydrogens is 324 g/mol. The van der Waals surface area contributed by atoms with Crippen molar-refractivity contribution in [3.8, 4) is 0 Å². The van der Waals surface area contributed by atoms with Gasteiger partial charge in [0.2, 0.25) is 5.91 Å². The summed E-state index contributed by atoms with van der Waals surface area (Å²) < 4.78 is 0. The number of hydrogen-bond donors (Lipinski definition) is 0. The molecule has 0 aliphatic carbocycles. The van der Waals surface area contributed by atoms with Crippen LogP contribution in [-0.2, 0) is 4.79 Å². The van der Waals surface area contributed by atoms with Crippen molar-refractivity contribution in [2.75, 3.05) is 19.6 Å². The Morgan fingerprint density at radius 2 is 1.79 bits per heavy atom. The molecule has 1 aromatic carbocycles. The first-order valence-corrected chi connectivity index (χ1v) is 9.29. The average Bonchev–Trinajstić information content (AvgIpc) is 2.62. The van der Waals surface area contributed by atoms with Crippen LogP contribution in [0.4, 0.5) is 0 Å². The standard InChI is InChI=1S/C19H25ClN2O2/c1-14-5-2-3-12-22(14)19(24)16-6-4-11-21(13-16)18(23)15-7-9-17(20)10-8-15/h7-10,14,16H,2-6,11-13H2,1H3/t14-,16+/m0/s1. The second kappa shape index (κ2) is 7.56. The van der Waals surface area contributed by atoms with Crippen molar-refractivity contribution in [1.82, 2.24) is 9.80 Å². The molecule has 2 amide bonds. The van der Waals surface area contributed by atoms with E-state index in [4.69, 9.17) is 11.6 Å². The lowest BCUT2D eigenvalue weighted by Gasteiger charge is -2.39. The van der Waals surface area contributed by atoms with Gasteiger partial charge in [0, 0.05) is 36.3 Å². The van der Waals surface area contributed by atoms with Crippen molar-refractivity contribution in [3.05, 3.63) is 34.9 Å². The number of piperidine rings is 2. The van der Waals surface area contributed by atoms with Crippen LogP contribution in [-0.4, -0.2) is 47.3 Å². The normalized spacial score (nSPS) is 24.8. The average molecular weight is 349 g/mol. The van der Waals surface area contributed by atoms with Crippen LogP contribution in [0.1, 0.15) is 49.4 Å². The highest BCUT2D eigenvalue weighted by molar-refractivity contribution is 6.30. The number of rotatable bonds is 2. The van der Waals surface area contributed by atoms with Gasteiger partial charge in [0.15, 0.2) is 0 Å². The molecule has 2 fully saturated rings. The number of likely N-dealkylation sites (tertiary alicyclic amines) is 2. The molecule has 0 spiro atoms. The fraction of sp³-hybridized carbons (Fsp3) is 0.579. The third-order valence-corrected chi connectivity index (χ3v) is 5.49. The maximum absolute atomic E-state index is 12.9. The second-order valence-electron chi connectivity index (χ2n) is 6.97. The lowest BCUT2D eigenvalue weighted by atomic mass is 9.93. The summed E-state index contributed by atoms with van der Waals surface area (Å²) in [6, 6.07) is 7.30. The van der Waals surface area contributed by atoms with Crippen LogP contribution in [0.15, 0.2) is 24.3 Å². The van der Waals surface area contributed by atoms with E-state index in [9.17, 15) is 9.59 Å². The van der Waals surface area contributed by atoms with Gasteiger partial charge in [-0.3, -0.25) is 9.59 Å². The van der Waals surface area contributed by atoms with Gasteiger partial charge in [0.1, 0.15) is 0 Å². The molecule has 2 saturated heterocycles. The van der Waals surface area contributed by atoms with E-state index in [0.29, 0.717) is 23.2 Å². The molecule has 0 unspecified atom stereocenters. The Kier molecular flexibility index (Phi) is 5.44. The molecular formula is C19H25ClN2O2. The highest BCUT2D eigenvalue weighted by atomic mass is 35.5. The van der Waals surface area contributed by atoms with Crippen LogP contribution in [0.25, 0.3) is 0 Å². The smallest absolute Gasteiger partial charge is 0.253 e. The van der Waals surface area contributed by atoms with Gasteiger partial charge >= 0.3 is 0 Å². The van der Waals surface area contributed by atoms with Gasteiger partial charge < -0.3 is 9.80 Å². The molecule has 2 aliphatic rings. The number of carbonyl (C=O) groups excluding carboxylic acids is 2. The summed E-state index contributed by atoms with van der Waals surface area (Å²) in [4.78, 5) is 29.4. The molecule has 0 N–H and O–H groups in total. The summed E-state index contributed by atoms with van der Waals surface area (Å²) in [7, 11) is 0. The highest BCUT2D eigenvalue weighted by Gasteiger charge is 2.33. The molecule has 3 rings (SSSR count). The van der Waals surface area contributed by atoms with E-state index in [1.165, 1.54) is 6.42 Å². The van der Waals surface area contributed by atoms with Crippen LogP contribution >= 0.6 is 11.6 Å². The Morgan fingerprint density at radius 1 is 1.04 bits per heavy atom. The Balaban J connectivity index is 1.66. The fourth-order valence-corrected chi connectivity index (χ4v) is 3.92. The van der Waals surface area contributed by atoms with E-state index >= 15 is 0 Å². The summed E-state index contributed by atoms with van der Waals surface area (Å²) in [5, 5.41) is 0.623. The van der Waals surface area contributed by atoms with E-state index in [1.807, 2.05) is 9.80 Å². The third kappa shape index (κ3) is 3.75. The first-order chi connectivity index (χ1) is 11.6. The van der Waals surface area contributed by atoms with Crippen molar-refractivity contribution < 1.29 is 9.59 Å². The molecule has 0 bridgehead atoms. The van der Waals surface area contributed by atoms with Gasteiger partial charge in [-0.05, 0) is 63.3 Å². The van der Waals surface area contributed by atoms with Gasteiger partial charge in [0.25, 0.3) is 5.91 Å². The Hall–Kier alpha value is -1.55. The first-order valence-electron chi connectivity index (χ1n) is 8.91. The molecule has 2 aliphatic heterocycles. The minimum atomic E-state index is -0.0597. The molecule has 24 heavy (non-hydrogen) atoms. The molecule has 2 atom stereocenters. The van der Waals surface area contributed by atoms with Crippen LogP contribution in [0.5, 0.6) is 0 Å². The maximum atomic E-state index is 12.9. The molecule has 0 radical (unpaired) electrons. The van der Waals surface area contributed by atoms with Crippen LogP contribution in [0, 0.1) is 5.92 Å². The van der Waals surface area contributed by atoms with E-state index in [2.05, 4.69) is 6.92 Å². The second-order valence-corrected chi connectivity index (χ2v) is 7.41. The zero-order chi connectivity index (χ0) is 17.1. The van der Waals surface area contributed by atoms with Crippen molar-refractivity contribution in [2.24, 2.45) is 5.92 Å². The van der Waals surface area contributed by atoms with Crippen molar-refractivity contribution >= 4 is 23.4 Å². The molecule has 5 heteroatoms. The largest absolute Gasteiger partial charge is 0.340 e. The molecule has 2 heterocycles. The summed E-state index contributed by atoms with van der Waals surface area (Å²) >= 11 is 5.89. The van der Waals surface area contributed by atoms with Crippen LogP contribution < -0.4 is 0 Å². The predicted molar refractivity (Wildman–Crippen MR) is 95.1 cm³/mol. The number of hydrogen-bond acceptors (Lipinski definition) is 2. The predicted octanol–water partition coefficient (Wildman–Crippen LogP) is 3.59. The minimum Gasteiger partial charge on any atom is -0.340 e. The molecule has 130 valence electrons. The summed E-state index contributed by atoms with van der Waals surface area (Å²) in [5.74, 6) is 0.169. The molecule has 4 nitrogen and oxygen atoms in total. The number of carbonyl (C=O) groups is 2. The highest BCUT2D eigenvalue weighted by Crippen LogP contribution is 2.25. The molecule has 0 saturated carbocycles. The lowest BCUT2D eigenvalue weighted by molar-refractivity contribution is -0.140. The fourth-order valence-electron chi connectivity index (χ4n) is 3.80. The Morgan fingerprint density at radius 3 is 2.50 bits per heavy atom. The van der Waals surface area contributed by atoms with Gasteiger partial charge in [-0.25, -0.2) is 0 Å². The number of halogens is 1. The van der Waals surface area contributed by atoms with Crippen molar-refractivity contribution in [1.29, 1.82) is 0 Å². The number of amides is 2. The summed E-state index contributed by atoms with van der Waals surface area (Å²) in [5.41, 5.74) is 0.638. The van der Waals surface area contributed by atoms with Gasteiger partial charge in [0.05, 0.1) is 5.92 Å². The van der Waals surface area contributed by atoms with E-state index in [-0.39, 0.29) is 17.7 Å². The van der Waals surface area contributed by atoms with Gasteiger partial charge in [-0.1, -0.05) is 11.6 Å². The van der Waals surface area contributed by atoms with E-state index in [1.54, 1.807) is 24.3 Å². The topological polar surface area (TPSA) is 40.6 Å². The van der Waals surface area contributed by atoms with Crippen molar-refractivity contribution in [3.63, 3.8) is 0 Å². The number of benzene rings is 1. The molecule has 1 aromatic rings. The number of nitrogens with zero attached hydrogens (tertiary/aromatic N) is 2. The summed E-state index contributed by atoms with van der Waals surface area (Å²) in [6.07, 6.45) is 5.16. The zero-order valence-corrected chi connectivity index (χ0v) is 15.0.